The number of rotatable bonds is 6. The molecule has 0 saturated carbocycles. The van der Waals surface area contributed by atoms with Crippen LogP contribution < -0.4 is 0 Å². The summed E-state index contributed by atoms with van der Waals surface area (Å²) in [6.45, 7) is 9.18. The fraction of sp³-hybridized carbons (Fsp3) is 0.140. The smallest absolute Gasteiger partial charge is 0.145 e. The van der Waals surface area contributed by atoms with Crippen molar-refractivity contribution in [2.45, 2.75) is 39.5 Å². The molecule has 46 heavy (non-hydrogen) atoms. The van der Waals surface area contributed by atoms with Gasteiger partial charge in [0, 0.05) is 16.3 Å². The summed E-state index contributed by atoms with van der Waals surface area (Å²) in [5, 5.41) is 2.20. The fourth-order valence-electron chi connectivity index (χ4n) is 6.79. The molecule has 0 fully saturated rings. The van der Waals surface area contributed by atoms with Crippen molar-refractivity contribution in [2.24, 2.45) is 0 Å². The van der Waals surface area contributed by atoms with Crippen molar-refractivity contribution >= 4 is 33.0 Å². The van der Waals surface area contributed by atoms with Crippen LogP contribution in [0.5, 0.6) is 0 Å². The van der Waals surface area contributed by atoms with Crippen molar-refractivity contribution < 1.29 is 4.42 Å². The van der Waals surface area contributed by atoms with Crippen LogP contribution in [0.4, 0.5) is 0 Å². The Morgan fingerprint density at radius 3 is 1.63 bits per heavy atom. The zero-order valence-electron chi connectivity index (χ0n) is 26.7. The molecule has 0 amide bonds. The van der Waals surface area contributed by atoms with Gasteiger partial charge in [0.15, 0.2) is 0 Å². The molecule has 0 spiro atoms. The Balaban J connectivity index is 1.39. The van der Waals surface area contributed by atoms with E-state index in [1.54, 1.807) is 0 Å². The van der Waals surface area contributed by atoms with Crippen molar-refractivity contribution in [3.8, 4) is 39.3 Å². The Hall–Kier alpha value is -5.41. The molecular weight excluding hydrogens is 560 g/mol. The van der Waals surface area contributed by atoms with Gasteiger partial charge in [0.25, 0.3) is 0 Å². The molecule has 0 aliphatic heterocycles. The number of benzene rings is 6. The molecule has 6 aromatic carbocycles. The van der Waals surface area contributed by atoms with Gasteiger partial charge in [-0.25, -0.2) is 4.98 Å². The van der Waals surface area contributed by atoms with E-state index in [1.807, 2.05) is 0 Å². The third-order valence-corrected chi connectivity index (χ3v) is 9.14. The minimum Gasteiger partial charge on any atom is -0.456 e. The molecule has 2 heterocycles. The van der Waals surface area contributed by atoms with Gasteiger partial charge in [-0.3, -0.25) is 4.57 Å². The van der Waals surface area contributed by atoms with Crippen LogP contribution in [-0.4, -0.2) is 9.55 Å². The van der Waals surface area contributed by atoms with E-state index in [9.17, 15) is 0 Å². The Morgan fingerprint density at radius 2 is 1.02 bits per heavy atom. The lowest BCUT2D eigenvalue weighted by Gasteiger charge is -2.24. The summed E-state index contributed by atoms with van der Waals surface area (Å²) in [5.41, 5.74) is 13.6. The van der Waals surface area contributed by atoms with Crippen LogP contribution >= 0.6 is 0 Å². The maximum absolute atomic E-state index is 6.34. The van der Waals surface area contributed by atoms with Gasteiger partial charge in [-0.1, -0.05) is 107 Å². The maximum Gasteiger partial charge on any atom is 0.145 e. The normalized spacial score (nSPS) is 11.9. The number of nitrogens with zero attached hydrogens (tertiary/aromatic N) is 2. The molecule has 0 saturated heterocycles. The van der Waals surface area contributed by atoms with Gasteiger partial charge in [-0.2, -0.15) is 0 Å². The summed E-state index contributed by atoms with van der Waals surface area (Å²) in [7, 11) is 0. The van der Waals surface area contributed by atoms with E-state index in [2.05, 4.69) is 166 Å². The Morgan fingerprint density at radius 1 is 0.500 bits per heavy atom. The first-order valence-electron chi connectivity index (χ1n) is 16.2. The highest BCUT2D eigenvalue weighted by Crippen LogP contribution is 2.41. The second-order valence-corrected chi connectivity index (χ2v) is 12.8. The van der Waals surface area contributed by atoms with Crippen molar-refractivity contribution in [3.63, 3.8) is 0 Å². The monoisotopic (exact) mass is 596 g/mol. The second-order valence-electron chi connectivity index (χ2n) is 12.8. The Bertz CT molecular complexity index is 2330. The topological polar surface area (TPSA) is 31.0 Å². The van der Waals surface area contributed by atoms with Crippen molar-refractivity contribution in [2.75, 3.05) is 0 Å². The van der Waals surface area contributed by atoms with E-state index in [1.165, 1.54) is 39.1 Å². The Kier molecular flexibility index (Phi) is 6.83. The van der Waals surface area contributed by atoms with E-state index < -0.39 is 0 Å². The number of imidazole rings is 1. The molecule has 0 aliphatic carbocycles. The van der Waals surface area contributed by atoms with Crippen LogP contribution in [-0.2, 0) is 0 Å². The molecule has 0 radical (unpaired) electrons. The maximum atomic E-state index is 6.34. The molecule has 3 heteroatoms. The van der Waals surface area contributed by atoms with E-state index in [0.29, 0.717) is 11.8 Å². The first-order valence-corrected chi connectivity index (χ1v) is 16.2. The van der Waals surface area contributed by atoms with Crippen LogP contribution in [0.2, 0.25) is 0 Å². The SMILES string of the molecule is CC(C)c1cc(-c2ccccc2)cc(C(C)C)c1-n1c(-c2ccc3oc4ccc(-c5ccccc5)cc4c3c2)nc2ccccc21. The predicted molar refractivity (Wildman–Crippen MR) is 193 cm³/mol. The van der Waals surface area contributed by atoms with Gasteiger partial charge in [0.2, 0.25) is 0 Å². The molecule has 0 bridgehead atoms. The first-order chi connectivity index (χ1) is 22.5. The third kappa shape index (κ3) is 4.71. The molecule has 0 atom stereocenters. The summed E-state index contributed by atoms with van der Waals surface area (Å²) in [5.74, 6) is 1.55. The van der Waals surface area contributed by atoms with Gasteiger partial charge in [0.05, 0.1) is 16.7 Å². The first kappa shape index (κ1) is 28.1. The molecule has 8 aromatic rings. The zero-order valence-corrected chi connectivity index (χ0v) is 26.7. The molecule has 0 aliphatic rings. The fourth-order valence-corrected chi connectivity index (χ4v) is 6.79. The summed E-state index contributed by atoms with van der Waals surface area (Å²) >= 11 is 0. The molecular formula is C43H36N2O. The standard InChI is InChI=1S/C43H36N2O/c1-27(2)34-25-33(30-15-9-6-10-16-30)26-35(28(3)4)42(34)45-39-18-12-11-17-38(39)44-43(45)32-20-22-41-37(24-32)36-23-31(19-21-40(36)46-41)29-13-7-5-8-14-29/h5-28H,1-4H3. The van der Waals surface area contributed by atoms with Gasteiger partial charge in [0.1, 0.15) is 17.0 Å². The minimum absolute atomic E-state index is 0.307. The minimum atomic E-state index is 0.307. The molecule has 224 valence electrons. The largest absolute Gasteiger partial charge is 0.456 e. The second kappa shape index (κ2) is 11.2. The predicted octanol–water partition coefficient (Wildman–Crippen LogP) is 12.2. The summed E-state index contributed by atoms with van der Waals surface area (Å²) in [6.07, 6.45) is 0. The number of aromatic nitrogens is 2. The molecule has 2 aromatic heterocycles. The van der Waals surface area contributed by atoms with Crippen LogP contribution in [0.1, 0.15) is 50.7 Å². The molecule has 3 nitrogen and oxygen atoms in total. The van der Waals surface area contributed by atoms with Gasteiger partial charge < -0.3 is 4.42 Å². The van der Waals surface area contributed by atoms with E-state index in [-0.39, 0.29) is 0 Å². The van der Waals surface area contributed by atoms with Gasteiger partial charge >= 0.3 is 0 Å². The molecule has 0 N–H and O–H groups in total. The average molecular weight is 597 g/mol. The third-order valence-electron chi connectivity index (χ3n) is 9.14. The number of furan rings is 1. The lowest BCUT2D eigenvalue weighted by molar-refractivity contribution is 0.669. The zero-order chi connectivity index (χ0) is 31.4. The van der Waals surface area contributed by atoms with E-state index in [0.717, 1.165) is 44.4 Å². The molecule has 8 rings (SSSR count). The molecule has 0 unspecified atom stereocenters. The highest BCUT2D eigenvalue weighted by molar-refractivity contribution is 6.07. The lowest BCUT2D eigenvalue weighted by atomic mass is 9.88. The number of hydrogen-bond acceptors (Lipinski definition) is 2. The lowest BCUT2D eigenvalue weighted by Crippen LogP contribution is -2.09. The van der Waals surface area contributed by atoms with Crippen molar-refractivity contribution in [1.82, 2.24) is 9.55 Å². The van der Waals surface area contributed by atoms with Crippen LogP contribution in [0, 0.1) is 0 Å². The van der Waals surface area contributed by atoms with E-state index >= 15 is 0 Å². The number of fused-ring (bicyclic) bond motifs is 4. The average Bonchev–Trinajstić information content (AvgIpc) is 3.66. The number of hydrogen-bond donors (Lipinski definition) is 0. The highest BCUT2D eigenvalue weighted by atomic mass is 16.3. The quantitative estimate of drug-likeness (QED) is 0.191. The number of para-hydroxylation sites is 2. The van der Waals surface area contributed by atoms with Crippen LogP contribution in [0.15, 0.2) is 138 Å². The van der Waals surface area contributed by atoms with Crippen molar-refractivity contribution in [1.29, 1.82) is 0 Å². The van der Waals surface area contributed by atoms with Gasteiger partial charge in [-0.05, 0) is 99.8 Å². The summed E-state index contributed by atoms with van der Waals surface area (Å²) < 4.78 is 8.75. The van der Waals surface area contributed by atoms with Crippen molar-refractivity contribution in [3.05, 3.63) is 145 Å². The van der Waals surface area contributed by atoms with E-state index in [4.69, 9.17) is 9.40 Å². The van der Waals surface area contributed by atoms with Crippen LogP contribution in [0.25, 0.3) is 72.3 Å². The Labute approximate surface area is 269 Å². The van der Waals surface area contributed by atoms with Gasteiger partial charge in [-0.15, -0.1) is 0 Å². The summed E-state index contributed by atoms with van der Waals surface area (Å²) in [6, 6.07) is 47.5. The highest BCUT2D eigenvalue weighted by Gasteiger charge is 2.24. The van der Waals surface area contributed by atoms with Crippen LogP contribution in [0.3, 0.4) is 0 Å². The summed E-state index contributed by atoms with van der Waals surface area (Å²) in [4.78, 5) is 5.31.